The van der Waals surface area contributed by atoms with E-state index in [2.05, 4.69) is 42.5 Å². The average molecular weight is 383 g/mol. The van der Waals surface area contributed by atoms with Crippen molar-refractivity contribution in [2.45, 2.75) is 49.7 Å². The van der Waals surface area contributed by atoms with Crippen molar-refractivity contribution in [1.29, 1.82) is 0 Å². The van der Waals surface area contributed by atoms with Gasteiger partial charge in [0.2, 0.25) is 0 Å². The van der Waals surface area contributed by atoms with Gasteiger partial charge < -0.3 is 15.2 Å². The first-order chi connectivity index (χ1) is 13.5. The summed E-state index contributed by atoms with van der Waals surface area (Å²) in [5.74, 6) is 8.63. The predicted molar refractivity (Wildman–Crippen MR) is 111 cm³/mol. The Bertz CT molecular complexity index is 828. The van der Waals surface area contributed by atoms with E-state index in [1.54, 1.807) is 14.2 Å². The zero-order valence-corrected chi connectivity index (χ0v) is 16.9. The minimum Gasteiger partial charge on any atom is -0.493 e. The van der Waals surface area contributed by atoms with Gasteiger partial charge in [0.25, 0.3) is 0 Å². The van der Waals surface area contributed by atoms with E-state index in [0.29, 0.717) is 10.6 Å². The molecule has 0 radical (unpaired) electrons. The summed E-state index contributed by atoms with van der Waals surface area (Å²) in [5.41, 5.74) is 9.06. The Morgan fingerprint density at radius 1 is 1.04 bits per heavy atom. The molecular weight excluding hydrogens is 350 g/mol. The Morgan fingerprint density at radius 2 is 1.79 bits per heavy atom. The number of ether oxygens (including phenoxy) is 2. The zero-order chi connectivity index (χ0) is 19.8. The lowest BCUT2D eigenvalue weighted by Crippen LogP contribution is -2.63. The second-order valence-corrected chi connectivity index (χ2v) is 8.50. The van der Waals surface area contributed by atoms with Crippen molar-refractivity contribution in [3.63, 3.8) is 0 Å². The van der Waals surface area contributed by atoms with Gasteiger partial charge in [-0.15, -0.1) is 0 Å². The van der Waals surface area contributed by atoms with Crippen LogP contribution < -0.4 is 21.1 Å². The molecule has 4 rings (SSSR count). The molecule has 1 saturated carbocycles. The Kier molecular flexibility index (Phi) is 5.08. The first-order valence-corrected chi connectivity index (χ1v) is 10.2. The van der Waals surface area contributed by atoms with Crippen molar-refractivity contribution >= 4 is 0 Å². The molecule has 2 aromatic rings. The molecule has 1 heterocycles. The highest BCUT2D eigenvalue weighted by molar-refractivity contribution is 5.46. The number of nitrogens with zero attached hydrogens (tertiary/aromatic N) is 1. The van der Waals surface area contributed by atoms with Crippen LogP contribution >= 0.6 is 0 Å². The van der Waals surface area contributed by atoms with Crippen molar-refractivity contribution in [1.82, 2.24) is 0 Å². The normalized spacial score (nSPS) is 32.0. The molecule has 4 N–H and O–H groups in total. The molecule has 1 saturated heterocycles. The maximum atomic E-state index is 7.08. The molecule has 1 aliphatic carbocycles. The maximum Gasteiger partial charge on any atom is 0.161 e. The highest BCUT2D eigenvalue weighted by Gasteiger charge is 2.59. The SMILES string of the molecule is COc1ccc([C@@]23CC[C@H](N)C[C@H]2[N+](N)(Cc2ccccc2)CC3)cc1OC. The number of quaternary nitrogens is 1. The molecule has 28 heavy (non-hydrogen) atoms. The van der Waals surface area contributed by atoms with Crippen LogP contribution in [0.25, 0.3) is 0 Å². The second-order valence-electron chi connectivity index (χ2n) is 8.50. The van der Waals surface area contributed by atoms with Crippen LogP contribution in [0.2, 0.25) is 0 Å². The van der Waals surface area contributed by atoms with Crippen LogP contribution in [0.5, 0.6) is 11.5 Å². The topological polar surface area (TPSA) is 70.5 Å². The Balaban J connectivity index is 1.73. The van der Waals surface area contributed by atoms with Gasteiger partial charge in [0.15, 0.2) is 11.5 Å². The highest BCUT2D eigenvalue weighted by atomic mass is 16.5. The number of nitrogens with two attached hydrogens (primary N) is 2. The molecule has 4 atom stereocenters. The van der Waals surface area contributed by atoms with Crippen LogP contribution in [0.3, 0.4) is 0 Å². The van der Waals surface area contributed by atoms with Gasteiger partial charge >= 0.3 is 0 Å². The van der Waals surface area contributed by atoms with E-state index in [0.717, 1.165) is 50.3 Å². The predicted octanol–water partition coefficient (Wildman–Crippen LogP) is 3.12. The summed E-state index contributed by atoms with van der Waals surface area (Å²) in [5, 5.41) is 0. The third kappa shape index (κ3) is 3.17. The fraction of sp³-hybridized carbons (Fsp3) is 0.478. The summed E-state index contributed by atoms with van der Waals surface area (Å²) in [4.78, 5) is 0. The number of fused-ring (bicyclic) bond motifs is 1. The molecule has 0 aromatic heterocycles. The molecule has 0 bridgehead atoms. The Hall–Kier alpha value is -2.08. The highest BCUT2D eigenvalue weighted by Crippen LogP contribution is 2.52. The van der Waals surface area contributed by atoms with E-state index in [1.807, 2.05) is 6.07 Å². The van der Waals surface area contributed by atoms with Gasteiger partial charge in [-0.3, -0.25) is 0 Å². The molecule has 0 amide bonds. The minimum atomic E-state index is 0.0406. The summed E-state index contributed by atoms with van der Waals surface area (Å²) < 4.78 is 11.6. The average Bonchev–Trinajstić information content (AvgIpc) is 3.01. The summed E-state index contributed by atoms with van der Waals surface area (Å²) in [6, 6.07) is 17.5. The molecule has 0 spiro atoms. The summed E-state index contributed by atoms with van der Waals surface area (Å²) >= 11 is 0. The second kappa shape index (κ2) is 7.39. The van der Waals surface area contributed by atoms with Crippen LogP contribution in [0, 0.1) is 0 Å². The molecule has 1 unspecified atom stereocenters. The van der Waals surface area contributed by atoms with Crippen LogP contribution in [0.1, 0.15) is 36.8 Å². The maximum absolute atomic E-state index is 7.08. The van der Waals surface area contributed by atoms with Crippen molar-refractivity contribution in [3.05, 3.63) is 59.7 Å². The fourth-order valence-electron chi connectivity index (χ4n) is 5.54. The molecule has 5 heteroatoms. The Morgan fingerprint density at radius 3 is 2.50 bits per heavy atom. The third-order valence-electron chi connectivity index (χ3n) is 7.00. The first kappa shape index (κ1) is 19.2. The number of rotatable bonds is 5. The number of benzene rings is 2. The van der Waals surface area contributed by atoms with E-state index in [4.69, 9.17) is 21.1 Å². The lowest BCUT2D eigenvalue weighted by molar-refractivity contribution is -0.966. The van der Waals surface area contributed by atoms with E-state index < -0.39 is 0 Å². The van der Waals surface area contributed by atoms with Crippen molar-refractivity contribution < 1.29 is 14.1 Å². The Labute approximate surface area is 167 Å². The van der Waals surface area contributed by atoms with Gasteiger partial charge in [0, 0.05) is 24.4 Å². The molecule has 2 fully saturated rings. The molecule has 2 aliphatic rings. The lowest BCUT2D eigenvalue weighted by atomic mass is 9.65. The number of likely N-dealkylation sites (tertiary alicyclic amines) is 1. The molecular formula is C23H32N3O2+. The van der Waals surface area contributed by atoms with E-state index in [9.17, 15) is 0 Å². The van der Waals surface area contributed by atoms with E-state index >= 15 is 0 Å². The molecule has 1 aliphatic heterocycles. The van der Waals surface area contributed by atoms with Crippen molar-refractivity contribution in [2.24, 2.45) is 11.6 Å². The summed E-state index contributed by atoms with van der Waals surface area (Å²) in [6.07, 6.45) is 4.14. The van der Waals surface area contributed by atoms with Crippen LogP contribution in [-0.2, 0) is 12.0 Å². The number of hydrogen-bond acceptors (Lipinski definition) is 4. The minimum absolute atomic E-state index is 0.0406. The van der Waals surface area contributed by atoms with E-state index in [1.165, 1.54) is 11.1 Å². The van der Waals surface area contributed by atoms with Crippen LogP contribution in [0.4, 0.5) is 0 Å². The van der Waals surface area contributed by atoms with Crippen molar-refractivity contribution in [2.75, 3.05) is 20.8 Å². The van der Waals surface area contributed by atoms with Crippen LogP contribution in [-0.4, -0.2) is 37.4 Å². The monoisotopic (exact) mass is 382 g/mol. The molecule has 5 nitrogen and oxygen atoms in total. The lowest BCUT2D eigenvalue weighted by Gasteiger charge is -2.46. The standard InChI is InChI=1S/C23H32N3O2/c1-27-20-9-8-18(14-21(20)28-2)23-11-10-19(24)15-22(23)26(25,13-12-23)16-17-6-4-3-5-7-17/h3-9,14,19,22H,10-13,15-16,24-25H2,1-2H3/q+1/t19-,22+,23-,26?/m0/s1. The number of hydrogen-bond donors (Lipinski definition) is 2. The van der Waals surface area contributed by atoms with Gasteiger partial charge in [0.1, 0.15) is 12.6 Å². The van der Waals surface area contributed by atoms with E-state index in [-0.39, 0.29) is 11.5 Å². The van der Waals surface area contributed by atoms with Gasteiger partial charge in [-0.2, -0.15) is 5.84 Å². The quantitative estimate of drug-likeness (QED) is 0.616. The van der Waals surface area contributed by atoms with Gasteiger partial charge in [-0.1, -0.05) is 36.4 Å². The fourth-order valence-corrected chi connectivity index (χ4v) is 5.54. The van der Waals surface area contributed by atoms with Gasteiger partial charge in [0.05, 0.1) is 26.2 Å². The largest absolute Gasteiger partial charge is 0.493 e. The van der Waals surface area contributed by atoms with Crippen LogP contribution in [0.15, 0.2) is 48.5 Å². The summed E-state index contributed by atoms with van der Waals surface area (Å²) in [6.45, 7) is 1.80. The van der Waals surface area contributed by atoms with Gasteiger partial charge in [-0.25, -0.2) is 4.59 Å². The first-order valence-electron chi connectivity index (χ1n) is 10.2. The zero-order valence-electron chi connectivity index (χ0n) is 16.9. The molecule has 150 valence electrons. The number of methoxy groups -OCH3 is 2. The molecule has 2 aromatic carbocycles. The van der Waals surface area contributed by atoms with Gasteiger partial charge in [-0.05, 0) is 30.5 Å². The smallest absolute Gasteiger partial charge is 0.161 e. The third-order valence-corrected chi connectivity index (χ3v) is 7.00. The van der Waals surface area contributed by atoms with Crippen molar-refractivity contribution in [3.8, 4) is 11.5 Å². The summed E-state index contributed by atoms with van der Waals surface area (Å²) in [7, 11) is 3.37.